The normalized spacial score (nSPS) is 12.8. The largest absolute Gasteiger partial charge is 0.493 e. The van der Waals surface area contributed by atoms with Crippen LogP contribution in [-0.2, 0) is 33.8 Å². The van der Waals surface area contributed by atoms with E-state index in [-0.39, 0.29) is 0 Å². The molecule has 0 saturated heterocycles. The fourth-order valence-corrected chi connectivity index (χ4v) is 5.40. The first-order chi connectivity index (χ1) is 18.4. The van der Waals surface area contributed by atoms with E-state index in [2.05, 4.69) is 15.8 Å². The number of thiophene rings is 1. The van der Waals surface area contributed by atoms with E-state index < -0.39 is 17.8 Å². The second kappa shape index (κ2) is 12.4. The van der Waals surface area contributed by atoms with Crippen molar-refractivity contribution in [3.63, 3.8) is 0 Å². The third-order valence-electron chi connectivity index (χ3n) is 6.14. The number of anilines is 1. The number of aryl methyl sites for hydroxylation is 1. The third-order valence-corrected chi connectivity index (χ3v) is 7.35. The number of fused-ring (bicyclic) bond motifs is 1. The Kier molecular flexibility index (Phi) is 8.75. The Balaban J connectivity index is 1.41. The van der Waals surface area contributed by atoms with Crippen LogP contribution in [-0.4, -0.2) is 37.7 Å². The van der Waals surface area contributed by atoms with Crippen LogP contribution in [0.25, 0.3) is 0 Å². The lowest BCUT2D eigenvalue weighted by Gasteiger charge is -2.12. The monoisotopic (exact) mass is 535 g/mol. The first kappa shape index (κ1) is 26.9. The summed E-state index contributed by atoms with van der Waals surface area (Å²) in [5.41, 5.74) is 5.66. The number of carbonyl (C=O) groups is 3. The van der Waals surface area contributed by atoms with E-state index in [1.165, 1.54) is 25.6 Å². The van der Waals surface area contributed by atoms with Crippen LogP contribution in [0.5, 0.6) is 11.5 Å². The first-order valence-electron chi connectivity index (χ1n) is 12.1. The summed E-state index contributed by atoms with van der Waals surface area (Å²) in [7, 11) is 2.83. The molecule has 1 aliphatic carbocycles. The number of esters is 1. The highest BCUT2D eigenvalue weighted by atomic mass is 32.1. The van der Waals surface area contributed by atoms with Crippen molar-refractivity contribution in [3.8, 4) is 11.5 Å². The van der Waals surface area contributed by atoms with E-state index in [0.29, 0.717) is 39.9 Å². The fourth-order valence-electron chi connectivity index (χ4n) is 4.13. The molecule has 2 amide bonds. The van der Waals surface area contributed by atoms with Crippen LogP contribution in [0, 0.1) is 0 Å². The average molecular weight is 536 g/mol. The van der Waals surface area contributed by atoms with Gasteiger partial charge in [-0.3, -0.25) is 9.59 Å². The van der Waals surface area contributed by atoms with Crippen LogP contribution in [0.4, 0.5) is 5.00 Å². The van der Waals surface area contributed by atoms with Crippen molar-refractivity contribution in [3.05, 3.63) is 75.7 Å². The lowest BCUT2D eigenvalue weighted by atomic mass is 9.95. The Hall–Kier alpha value is -4.18. The lowest BCUT2D eigenvalue weighted by molar-refractivity contribution is -0.136. The molecule has 3 aromatic rings. The summed E-state index contributed by atoms with van der Waals surface area (Å²) in [5, 5.41) is 6.95. The number of ether oxygens (including phenoxy) is 3. The van der Waals surface area contributed by atoms with Gasteiger partial charge in [0.25, 0.3) is 0 Å². The number of nitrogens with one attached hydrogen (secondary N) is 2. The van der Waals surface area contributed by atoms with Gasteiger partial charge in [-0.05, 0) is 61.9 Å². The van der Waals surface area contributed by atoms with Gasteiger partial charge < -0.3 is 19.5 Å². The highest BCUT2D eigenvalue weighted by molar-refractivity contribution is 7.17. The van der Waals surface area contributed by atoms with Crippen LogP contribution in [0.1, 0.15) is 51.7 Å². The summed E-state index contributed by atoms with van der Waals surface area (Å²) in [6.45, 7) is 2.08. The van der Waals surface area contributed by atoms with Crippen molar-refractivity contribution in [2.24, 2.45) is 5.10 Å². The highest BCUT2D eigenvalue weighted by Crippen LogP contribution is 2.38. The van der Waals surface area contributed by atoms with Crippen molar-refractivity contribution in [1.82, 2.24) is 5.43 Å². The number of amides is 2. The number of hydrogen-bond acceptors (Lipinski definition) is 8. The molecule has 38 heavy (non-hydrogen) atoms. The van der Waals surface area contributed by atoms with E-state index in [1.807, 2.05) is 30.3 Å². The quantitative estimate of drug-likeness (QED) is 0.190. The van der Waals surface area contributed by atoms with Gasteiger partial charge in [0.05, 0.1) is 25.5 Å². The maximum atomic E-state index is 12.6. The zero-order chi connectivity index (χ0) is 27.1. The molecule has 0 spiro atoms. The highest BCUT2D eigenvalue weighted by Gasteiger charge is 2.28. The smallest absolute Gasteiger partial charge is 0.341 e. The van der Waals surface area contributed by atoms with Crippen molar-refractivity contribution in [1.29, 1.82) is 0 Å². The van der Waals surface area contributed by atoms with Gasteiger partial charge in [0.15, 0.2) is 11.5 Å². The topological polar surface area (TPSA) is 115 Å². The summed E-state index contributed by atoms with van der Waals surface area (Å²) in [5.74, 6) is -1.33. The summed E-state index contributed by atoms with van der Waals surface area (Å²) >= 11 is 1.31. The minimum atomic E-state index is -0.957. The maximum absolute atomic E-state index is 12.6. The molecule has 4 rings (SSSR count). The molecule has 0 unspecified atom stereocenters. The molecule has 0 radical (unpaired) electrons. The number of hydrogen-bond donors (Lipinski definition) is 2. The minimum absolute atomic E-state index is 0.320. The molecule has 0 atom stereocenters. The van der Waals surface area contributed by atoms with Gasteiger partial charge in [-0.2, -0.15) is 5.10 Å². The summed E-state index contributed by atoms with van der Waals surface area (Å²) < 4.78 is 16.3. The number of methoxy groups -OCH3 is 2. The molecule has 0 aliphatic heterocycles. The van der Waals surface area contributed by atoms with Gasteiger partial charge in [-0.25, -0.2) is 10.2 Å². The van der Waals surface area contributed by atoms with Gasteiger partial charge in [-0.15, -0.1) is 11.3 Å². The van der Waals surface area contributed by atoms with Crippen LogP contribution >= 0.6 is 11.3 Å². The van der Waals surface area contributed by atoms with E-state index in [0.717, 1.165) is 41.7 Å². The Morgan fingerprint density at radius 3 is 2.47 bits per heavy atom. The van der Waals surface area contributed by atoms with E-state index >= 15 is 0 Å². The SMILES string of the molecule is COC(=O)c1c(NC(=O)C(=O)N/N=C(\C)c2ccc(OCc3ccccc3)c(OC)c2)sc2c1CCCC2. The molecule has 2 aromatic carbocycles. The van der Waals surface area contributed by atoms with E-state index in [4.69, 9.17) is 14.2 Å². The zero-order valence-corrected chi connectivity index (χ0v) is 22.3. The molecule has 9 nitrogen and oxygen atoms in total. The molecule has 0 bridgehead atoms. The third kappa shape index (κ3) is 6.20. The summed E-state index contributed by atoms with van der Waals surface area (Å²) in [4.78, 5) is 38.5. The molecule has 0 saturated carbocycles. The van der Waals surface area contributed by atoms with Gasteiger partial charge in [0.2, 0.25) is 0 Å². The molecule has 1 heterocycles. The van der Waals surface area contributed by atoms with Crippen molar-refractivity contribution in [2.45, 2.75) is 39.2 Å². The van der Waals surface area contributed by atoms with Crippen molar-refractivity contribution < 1.29 is 28.6 Å². The van der Waals surface area contributed by atoms with Crippen LogP contribution in [0.3, 0.4) is 0 Å². The molecule has 198 valence electrons. The Morgan fingerprint density at radius 1 is 0.974 bits per heavy atom. The average Bonchev–Trinajstić information content (AvgIpc) is 3.32. The summed E-state index contributed by atoms with van der Waals surface area (Å²) in [6, 6.07) is 15.1. The standard InChI is InChI=1S/C28H29N3O6S/c1-17(19-13-14-21(22(15-19)35-2)37-16-18-9-5-4-6-10-18)30-31-26(33)25(32)29-27-24(28(34)36-3)20-11-7-8-12-23(20)38-27/h4-6,9-10,13-15H,7-8,11-12,16H2,1-3H3,(H,29,32)(H,31,33)/b30-17+. The van der Waals surface area contributed by atoms with Gasteiger partial charge in [0.1, 0.15) is 11.6 Å². The number of benzene rings is 2. The molecule has 2 N–H and O–H groups in total. The fraction of sp³-hybridized carbons (Fsp3) is 0.286. The predicted molar refractivity (Wildman–Crippen MR) is 145 cm³/mol. The molecular weight excluding hydrogens is 506 g/mol. The Bertz CT molecular complexity index is 1370. The Morgan fingerprint density at radius 2 is 1.74 bits per heavy atom. The second-order valence-corrected chi connectivity index (χ2v) is 9.74. The molecular formula is C28H29N3O6S. The zero-order valence-electron chi connectivity index (χ0n) is 21.5. The van der Waals surface area contributed by atoms with Gasteiger partial charge in [-0.1, -0.05) is 30.3 Å². The lowest BCUT2D eigenvalue weighted by Crippen LogP contribution is -2.33. The number of rotatable bonds is 8. The number of nitrogens with zero attached hydrogens (tertiary/aromatic N) is 1. The summed E-state index contributed by atoms with van der Waals surface area (Å²) in [6.07, 6.45) is 3.54. The van der Waals surface area contributed by atoms with Crippen LogP contribution in [0.2, 0.25) is 0 Å². The molecule has 1 aromatic heterocycles. The van der Waals surface area contributed by atoms with Crippen LogP contribution < -0.4 is 20.2 Å². The minimum Gasteiger partial charge on any atom is -0.493 e. The van der Waals surface area contributed by atoms with E-state index in [9.17, 15) is 14.4 Å². The van der Waals surface area contributed by atoms with Crippen LogP contribution in [0.15, 0.2) is 53.6 Å². The number of hydrazone groups is 1. The first-order valence-corrected chi connectivity index (χ1v) is 13.0. The maximum Gasteiger partial charge on any atom is 0.341 e. The number of carbonyl (C=O) groups excluding carboxylic acids is 3. The van der Waals surface area contributed by atoms with Crippen molar-refractivity contribution >= 4 is 39.8 Å². The molecule has 10 heteroatoms. The van der Waals surface area contributed by atoms with Gasteiger partial charge in [0, 0.05) is 10.4 Å². The molecule has 1 aliphatic rings. The second-order valence-electron chi connectivity index (χ2n) is 8.64. The van der Waals surface area contributed by atoms with Crippen molar-refractivity contribution in [2.75, 3.05) is 19.5 Å². The predicted octanol–water partition coefficient (Wildman–Crippen LogP) is 4.48. The Labute approximate surface area is 224 Å². The van der Waals surface area contributed by atoms with E-state index in [1.54, 1.807) is 25.1 Å². The molecule has 0 fully saturated rings. The van der Waals surface area contributed by atoms with Gasteiger partial charge >= 0.3 is 17.8 Å².